The molecule has 0 bridgehead atoms. The van der Waals surface area contributed by atoms with Gasteiger partial charge in [0, 0.05) is 13.1 Å². The lowest BCUT2D eigenvalue weighted by Gasteiger charge is -2.10. The molecule has 3 rings (SSSR count). The predicted molar refractivity (Wildman–Crippen MR) is 102 cm³/mol. The molecule has 1 fully saturated rings. The summed E-state index contributed by atoms with van der Waals surface area (Å²) in [5.74, 6) is 1.17. The minimum Gasteiger partial charge on any atom is -0.489 e. The van der Waals surface area contributed by atoms with E-state index in [2.05, 4.69) is 34.9 Å². The molecule has 0 aromatic heterocycles. The molecule has 2 N–H and O–H groups in total. The van der Waals surface area contributed by atoms with E-state index in [1.54, 1.807) is 0 Å². The quantitative estimate of drug-likeness (QED) is 0.798. The van der Waals surface area contributed by atoms with Crippen molar-refractivity contribution in [1.29, 1.82) is 0 Å². The summed E-state index contributed by atoms with van der Waals surface area (Å²) in [6.07, 6.45) is 1.78. The van der Waals surface area contributed by atoms with E-state index >= 15 is 0 Å². The van der Waals surface area contributed by atoms with Crippen LogP contribution >= 0.6 is 12.4 Å². The smallest absolute Gasteiger partial charge is 0.224 e. The van der Waals surface area contributed by atoms with Crippen LogP contribution in [0.2, 0.25) is 0 Å². The lowest BCUT2D eigenvalue weighted by atomic mass is 10.1. The van der Waals surface area contributed by atoms with Gasteiger partial charge in [0.05, 0.1) is 5.92 Å². The summed E-state index contributed by atoms with van der Waals surface area (Å²) in [5.41, 5.74) is 2.36. The molecule has 4 nitrogen and oxygen atoms in total. The van der Waals surface area contributed by atoms with Gasteiger partial charge in [-0.2, -0.15) is 0 Å². The Hall–Kier alpha value is -2.04. The van der Waals surface area contributed by atoms with Gasteiger partial charge in [-0.15, -0.1) is 12.4 Å². The molecule has 1 aliphatic heterocycles. The Labute approximate surface area is 155 Å². The molecule has 0 spiro atoms. The van der Waals surface area contributed by atoms with E-state index in [1.165, 1.54) is 5.56 Å². The molecule has 1 saturated heterocycles. The van der Waals surface area contributed by atoms with Gasteiger partial charge >= 0.3 is 0 Å². The van der Waals surface area contributed by atoms with Crippen LogP contribution in [-0.2, 0) is 17.8 Å². The summed E-state index contributed by atoms with van der Waals surface area (Å²) in [7, 11) is 0. The van der Waals surface area contributed by atoms with Crippen LogP contribution in [0.1, 0.15) is 17.5 Å². The molecule has 1 unspecified atom stereocenters. The zero-order valence-electron chi connectivity index (χ0n) is 14.2. The van der Waals surface area contributed by atoms with E-state index in [0.717, 1.165) is 37.2 Å². The molecule has 1 aliphatic rings. The summed E-state index contributed by atoms with van der Waals surface area (Å²) < 4.78 is 5.78. The maximum absolute atomic E-state index is 11.9. The number of benzene rings is 2. The topological polar surface area (TPSA) is 50.4 Å². The van der Waals surface area contributed by atoms with Gasteiger partial charge < -0.3 is 15.4 Å². The number of carbonyl (C=O) groups excluding carboxylic acids is 1. The predicted octanol–water partition coefficient (Wildman–Crippen LogP) is 2.96. The van der Waals surface area contributed by atoms with Gasteiger partial charge in [-0.3, -0.25) is 4.79 Å². The zero-order chi connectivity index (χ0) is 16.6. The number of nitrogens with one attached hydrogen (secondary N) is 2. The molecular weight excluding hydrogens is 336 g/mol. The molecule has 1 amide bonds. The number of rotatable bonds is 7. The molecule has 2 aromatic rings. The van der Waals surface area contributed by atoms with Gasteiger partial charge in [-0.25, -0.2) is 0 Å². The third-order valence-electron chi connectivity index (χ3n) is 4.32. The van der Waals surface area contributed by atoms with E-state index < -0.39 is 0 Å². The van der Waals surface area contributed by atoms with Crippen molar-refractivity contribution in [2.75, 3.05) is 19.6 Å². The fraction of sp³-hybridized carbons (Fsp3) is 0.350. The van der Waals surface area contributed by atoms with Crippen LogP contribution < -0.4 is 15.4 Å². The zero-order valence-corrected chi connectivity index (χ0v) is 15.1. The van der Waals surface area contributed by atoms with Gasteiger partial charge in [0.15, 0.2) is 0 Å². The monoisotopic (exact) mass is 360 g/mol. The van der Waals surface area contributed by atoms with Crippen LogP contribution in [0, 0.1) is 5.92 Å². The van der Waals surface area contributed by atoms with Crippen molar-refractivity contribution in [3.05, 3.63) is 65.7 Å². The Balaban J connectivity index is 0.00000225. The molecule has 0 aliphatic carbocycles. The largest absolute Gasteiger partial charge is 0.489 e. The summed E-state index contributed by atoms with van der Waals surface area (Å²) in [6, 6.07) is 18.2. The molecule has 0 radical (unpaired) electrons. The highest BCUT2D eigenvalue weighted by Gasteiger charge is 2.21. The minimum atomic E-state index is 0. The third-order valence-corrected chi connectivity index (χ3v) is 4.32. The lowest BCUT2D eigenvalue weighted by Crippen LogP contribution is -2.33. The van der Waals surface area contributed by atoms with E-state index in [4.69, 9.17) is 4.74 Å². The average Bonchev–Trinajstić information content (AvgIpc) is 3.17. The van der Waals surface area contributed by atoms with Crippen molar-refractivity contribution in [3.63, 3.8) is 0 Å². The summed E-state index contributed by atoms with van der Waals surface area (Å²) in [6.45, 7) is 3.01. The Morgan fingerprint density at radius 2 is 1.84 bits per heavy atom. The van der Waals surface area contributed by atoms with Gasteiger partial charge in [-0.05, 0) is 42.6 Å². The first-order valence-corrected chi connectivity index (χ1v) is 8.55. The van der Waals surface area contributed by atoms with Crippen molar-refractivity contribution in [2.45, 2.75) is 19.4 Å². The number of hydrogen-bond donors (Lipinski definition) is 2. The van der Waals surface area contributed by atoms with E-state index in [0.29, 0.717) is 13.2 Å². The summed E-state index contributed by atoms with van der Waals surface area (Å²) in [4.78, 5) is 11.9. The van der Waals surface area contributed by atoms with Crippen LogP contribution in [0.4, 0.5) is 0 Å². The Bertz CT molecular complexity index is 641. The maximum Gasteiger partial charge on any atom is 0.224 e. The molecule has 134 valence electrons. The summed E-state index contributed by atoms with van der Waals surface area (Å²) in [5, 5.41) is 6.24. The second-order valence-corrected chi connectivity index (χ2v) is 6.15. The number of hydrogen-bond acceptors (Lipinski definition) is 3. The van der Waals surface area contributed by atoms with Crippen LogP contribution in [0.5, 0.6) is 5.75 Å². The highest BCUT2D eigenvalue weighted by Crippen LogP contribution is 2.14. The van der Waals surface area contributed by atoms with Gasteiger partial charge in [0.2, 0.25) is 5.91 Å². The Morgan fingerprint density at radius 1 is 1.08 bits per heavy atom. The highest BCUT2D eigenvalue weighted by molar-refractivity contribution is 5.85. The summed E-state index contributed by atoms with van der Waals surface area (Å²) >= 11 is 0. The van der Waals surface area contributed by atoms with Crippen LogP contribution in [0.25, 0.3) is 0 Å². The number of amides is 1. The van der Waals surface area contributed by atoms with Crippen molar-refractivity contribution in [3.8, 4) is 5.75 Å². The lowest BCUT2D eigenvalue weighted by molar-refractivity contribution is -0.124. The first kappa shape index (κ1) is 19.3. The van der Waals surface area contributed by atoms with Gasteiger partial charge in [0.1, 0.15) is 12.4 Å². The molecule has 1 heterocycles. The van der Waals surface area contributed by atoms with E-state index in [9.17, 15) is 4.79 Å². The fourth-order valence-corrected chi connectivity index (χ4v) is 2.85. The van der Waals surface area contributed by atoms with Crippen molar-refractivity contribution >= 4 is 18.3 Å². The second-order valence-electron chi connectivity index (χ2n) is 6.15. The molecule has 1 atom stereocenters. The second kappa shape index (κ2) is 10.1. The highest BCUT2D eigenvalue weighted by atomic mass is 35.5. The van der Waals surface area contributed by atoms with E-state index in [1.807, 2.05) is 30.3 Å². The van der Waals surface area contributed by atoms with Gasteiger partial charge in [0.25, 0.3) is 0 Å². The number of halogens is 1. The minimum absolute atomic E-state index is 0. The molecule has 0 saturated carbocycles. The van der Waals surface area contributed by atoms with Crippen molar-refractivity contribution in [2.24, 2.45) is 5.92 Å². The normalized spacial score (nSPS) is 16.1. The first-order chi connectivity index (χ1) is 11.8. The average molecular weight is 361 g/mol. The van der Waals surface area contributed by atoms with Crippen LogP contribution in [0.15, 0.2) is 54.6 Å². The third kappa shape index (κ3) is 6.07. The van der Waals surface area contributed by atoms with Crippen molar-refractivity contribution < 1.29 is 9.53 Å². The van der Waals surface area contributed by atoms with Crippen LogP contribution in [0.3, 0.4) is 0 Å². The number of ether oxygens (including phenoxy) is 1. The molecule has 2 aromatic carbocycles. The molecule has 25 heavy (non-hydrogen) atoms. The number of carbonyl (C=O) groups is 1. The standard InChI is InChI=1S/C20H24N2O2.ClH/c23-20(18-11-12-21-14-18)22-13-10-16-6-8-19(9-7-16)24-15-17-4-2-1-3-5-17;/h1-9,18,21H,10-15H2,(H,22,23);1H. The molecule has 5 heteroatoms. The Morgan fingerprint density at radius 3 is 2.52 bits per heavy atom. The maximum atomic E-state index is 11.9. The first-order valence-electron chi connectivity index (χ1n) is 8.55. The van der Waals surface area contributed by atoms with Crippen molar-refractivity contribution in [1.82, 2.24) is 10.6 Å². The molecular formula is C20H25ClN2O2. The van der Waals surface area contributed by atoms with Crippen LogP contribution in [-0.4, -0.2) is 25.5 Å². The Kier molecular flexibility index (Phi) is 7.76. The van der Waals surface area contributed by atoms with Gasteiger partial charge in [-0.1, -0.05) is 42.5 Å². The SMILES string of the molecule is Cl.O=C(NCCc1ccc(OCc2ccccc2)cc1)C1CCNC1. The van der Waals surface area contributed by atoms with E-state index in [-0.39, 0.29) is 24.2 Å². The fourth-order valence-electron chi connectivity index (χ4n) is 2.85.